The molecule has 1 fully saturated rings. The van der Waals surface area contributed by atoms with Gasteiger partial charge in [-0.2, -0.15) is 0 Å². The van der Waals surface area contributed by atoms with Gasteiger partial charge in [-0.1, -0.05) is 0 Å². The van der Waals surface area contributed by atoms with Crippen LogP contribution in [0.2, 0.25) is 0 Å². The van der Waals surface area contributed by atoms with Gasteiger partial charge in [-0.25, -0.2) is 9.61 Å². The molecule has 4 nitrogen and oxygen atoms in total. The predicted octanol–water partition coefficient (Wildman–Crippen LogP) is -2.28. The largest absolute Gasteiger partial charge is 0.691 e. The first-order valence-electron chi connectivity index (χ1n) is 0.896. The van der Waals surface area contributed by atoms with Gasteiger partial charge in [0.2, 0.25) is 0 Å². The van der Waals surface area contributed by atoms with Crippen LogP contribution in [0.4, 0.5) is 0 Å². The third-order valence-electron chi connectivity index (χ3n) is 0.182. The van der Waals surface area contributed by atoms with Crippen LogP contribution in [0.3, 0.4) is 0 Å². The van der Waals surface area contributed by atoms with Gasteiger partial charge in [-0.3, -0.25) is 0 Å². The first kappa shape index (κ1) is 10.0. The van der Waals surface area contributed by atoms with Crippen molar-refractivity contribution in [3.05, 3.63) is 0 Å². The fourth-order valence-corrected chi connectivity index (χ4v) is 0.0248. The molecule has 0 amide bonds. The molecule has 1 aliphatic heterocycles. The van der Waals surface area contributed by atoms with Crippen molar-refractivity contribution in [2.24, 2.45) is 0 Å². The molecule has 31 valence electrons. The molecule has 1 rings (SSSR count). The Morgan fingerprint density at radius 1 is 1.33 bits per heavy atom. The molecule has 0 saturated carbocycles. The molecule has 0 aromatic rings. The Hall–Kier alpha value is 0.905. The molecule has 0 aliphatic carbocycles. The molecule has 0 spiro atoms. The Labute approximate surface area is 57.1 Å². The predicted molar refractivity (Wildman–Crippen MR) is 19.5 cm³/mol. The van der Waals surface area contributed by atoms with E-state index in [9.17, 15) is 0 Å². The summed E-state index contributed by atoms with van der Waals surface area (Å²) in [6.07, 6.45) is 0. The van der Waals surface area contributed by atoms with Crippen molar-refractivity contribution in [1.82, 2.24) is 0 Å². The number of hydrogen-bond donors (Lipinski definition) is 1. The van der Waals surface area contributed by atoms with E-state index in [0.717, 1.165) is 0 Å². The van der Waals surface area contributed by atoms with Gasteiger partial charge in [0.05, 0.1) is 0 Å². The summed E-state index contributed by atoms with van der Waals surface area (Å²) in [6.45, 7) is 0. The summed E-state index contributed by atoms with van der Waals surface area (Å²) in [6, 6.07) is 0. The first-order valence-corrected chi connectivity index (χ1v) is 0.896. The minimum absolute atomic E-state index is 0. The van der Waals surface area contributed by atoms with E-state index in [1.807, 2.05) is 0 Å². The van der Waals surface area contributed by atoms with Crippen LogP contribution in [0.5, 0.6) is 0 Å². The standard InChI is InChI=1S/BHO3.Na.H2O/c2-1-3-4-1;;/h2H;;1H2. The molecule has 1 radical (unpaired) electrons. The van der Waals surface area contributed by atoms with Gasteiger partial charge in [0, 0.05) is 29.6 Å². The second-order valence-electron chi connectivity index (χ2n) is 0.499. The fraction of sp³-hybridized carbons (Fsp3) is 0. The SMILES string of the molecule is O.OB1OO1.[Na]. The second-order valence-corrected chi connectivity index (χ2v) is 0.499. The van der Waals surface area contributed by atoms with Crippen molar-refractivity contribution in [3.63, 3.8) is 0 Å². The topological polar surface area (TPSA) is 76.8 Å². The van der Waals surface area contributed by atoms with Crippen LogP contribution in [-0.2, 0) is 9.61 Å². The number of hydrogen-bond acceptors (Lipinski definition) is 3. The Kier molecular flexibility index (Phi) is 6.80. The quantitative estimate of drug-likeness (QED) is 0.212. The Morgan fingerprint density at radius 3 is 1.50 bits per heavy atom. The molecule has 6 heteroatoms. The molecule has 0 unspecified atom stereocenters. The van der Waals surface area contributed by atoms with Crippen molar-refractivity contribution >= 4 is 36.9 Å². The average molecular weight is 101 g/mol. The van der Waals surface area contributed by atoms with E-state index in [2.05, 4.69) is 9.61 Å². The van der Waals surface area contributed by atoms with Crippen LogP contribution in [0.1, 0.15) is 0 Å². The van der Waals surface area contributed by atoms with Crippen molar-refractivity contribution in [2.75, 3.05) is 0 Å². The summed E-state index contributed by atoms with van der Waals surface area (Å²) in [5.74, 6) is 0. The molecule has 1 aliphatic rings. The minimum atomic E-state index is -0.917. The summed E-state index contributed by atoms with van der Waals surface area (Å²) in [5, 5.41) is 7.72. The molecule has 0 atom stereocenters. The van der Waals surface area contributed by atoms with Gasteiger partial charge in [0.1, 0.15) is 0 Å². The molecule has 1 saturated heterocycles. The minimum Gasteiger partial charge on any atom is -0.412 e. The summed E-state index contributed by atoms with van der Waals surface area (Å²) in [5.41, 5.74) is 0. The van der Waals surface area contributed by atoms with Crippen LogP contribution in [0.15, 0.2) is 0 Å². The molecule has 0 bridgehead atoms. The summed E-state index contributed by atoms with van der Waals surface area (Å²) >= 11 is 0. The van der Waals surface area contributed by atoms with E-state index in [0.29, 0.717) is 0 Å². The first-order chi connectivity index (χ1) is 1.89. The third kappa shape index (κ3) is 4.90. The van der Waals surface area contributed by atoms with Crippen molar-refractivity contribution in [3.8, 4) is 0 Å². The van der Waals surface area contributed by atoms with Gasteiger partial charge in [-0.15, -0.1) is 0 Å². The maximum Gasteiger partial charge on any atom is 0.691 e. The van der Waals surface area contributed by atoms with Gasteiger partial charge in [0.25, 0.3) is 0 Å². The Balaban J connectivity index is 0. The van der Waals surface area contributed by atoms with Crippen molar-refractivity contribution in [1.29, 1.82) is 0 Å². The van der Waals surface area contributed by atoms with Crippen LogP contribution < -0.4 is 0 Å². The monoisotopic (exact) mass is 101 g/mol. The molecule has 6 heavy (non-hydrogen) atoms. The Bertz CT molecular complexity index is 26.7. The van der Waals surface area contributed by atoms with Gasteiger partial charge in [0.15, 0.2) is 0 Å². The van der Waals surface area contributed by atoms with E-state index < -0.39 is 7.32 Å². The number of rotatable bonds is 0. The van der Waals surface area contributed by atoms with Crippen LogP contribution in [0.25, 0.3) is 0 Å². The molecule has 1 heterocycles. The summed E-state index contributed by atoms with van der Waals surface area (Å²) in [7, 11) is -0.917. The Morgan fingerprint density at radius 2 is 1.50 bits per heavy atom. The van der Waals surface area contributed by atoms with Crippen LogP contribution in [0, 0.1) is 0 Å². The van der Waals surface area contributed by atoms with Crippen LogP contribution in [-0.4, -0.2) is 47.4 Å². The third-order valence-corrected chi connectivity index (χ3v) is 0.182. The zero-order valence-corrected chi connectivity index (χ0v) is 5.34. The van der Waals surface area contributed by atoms with E-state index >= 15 is 0 Å². The van der Waals surface area contributed by atoms with E-state index in [-0.39, 0.29) is 35.0 Å². The molecular formula is H3BNaO4. The van der Waals surface area contributed by atoms with Gasteiger partial charge >= 0.3 is 7.32 Å². The fourth-order valence-electron chi connectivity index (χ4n) is 0.0248. The zero-order valence-electron chi connectivity index (χ0n) is 3.34. The maximum absolute atomic E-state index is 7.72. The molecule has 3 N–H and O–H groups in total. The average Bonchev–Trinajstić information content (AvgIpc) is 1.75. The van der Waals surface area contributed by atoms with Crippen LogP contribution >= 0.6 is 0 Å². The second kappa shape index (κ2) is 4.07. The maximum atomic E-state index is 7.72. The van der Waals surface area contributed by atoms with Gasteiger partial charge < -0.3 is 10.5 Å². The normalized spacial score (nSPS) is 14.5. The van der Waals surface area contributed by atoms with E-state index in [1.54, 1.807) is 0 Å². The van der Waals surface area contributed by atoms with E-state index in [1.165, 1.54) is 0 Å². The molecular weight excluding hydrogens is 97.8 g/mol. The van der Waals surface area contributed by atoms with E-state index in [4.69, 9.17) is 5.02 Å². The molecule has 0 aromatic carbocycles. The zero-order chi connectivity index (χ0) is 2.99. The summed E-state index contributed by atoms with van der Waals surface area (Å²) in [4.78, 5) is 7.53. The smallest absolute Gasteiger partial charge is 0.412 e. The van der Waals surface area contributed by atoms with Gasteiger partial charge in [-0.05, 0) is 0 Å². The van der Waals surface area contributed by atoms with Crippen molar-refractivity contribution in [2.45, 2.75) is 0 Å². The molecule has 0 aromatic heterocycles. The van der Waals surface area contributed by atoms with Crippen molar-refractivity contribution < 1.29 is 20.1 Å². The summed E-state index contributed by atoms with van der Waals surface area (Å²) < 4.78 is 0.